The number of nitrogens with zero attached hydrogens (tertiary/aromatic N) is 4. The third kappa shape index (κ3) is 14.5. The molecule has 396 valence electrons. The number of carbonyl (C=O) groups excluding carboxylic acids is 3. The first kappa shape index (κ1) is 54.4. The summed E-state index contributed by atoms with van der Waals surface area (Å²) in [7, 11) is 0. The van der Waals surface area contributed by atoms with Gasteiger partial charge in [-0.25, -0.2) is 19.4 Å². The number of aliphatic hydroxyl groups is 1. The van der Waals surface area contributed by atoms with Crippen molar-refractivity contribution in [3.63, 3.8) is 0 Å². The number of ether oxygens (including phenoxy) is 5. The maximum atomic E-state index is 12.9. The van der Waals surface area contributed by atoms with Crippen LogP contribution in [-0.2, 0) is 23.8 Å². The fraction of sp³-hybridized carbons (Fsp3) is 0.141. The summed E-state index contributed by atoms with van der Waals surface area (Å²) in [5.41, 5.74) is 9.77. The van der Waals surface area contributed by atoms with Crippen molar-refractivity contribution in [3.05, 3.63) is 212 Å². The van der Waals surface area contributed by atoms with Gasteiger partial charge >= 0.3 is 18.1 Å². The van der Waals surface area contributed by atoms with Crippen LogP contribution >= 0.6 is 11.3 Å². The molecule has 0 aliphatic carbocycles. The van der Waals surface area contributed by atoms with Crippen molar-refractivity contribution in [3.8, 4) is 66.2 Å². The molecule has 0 fully saturated rings. The zero-order chi connectivity index (χ0) is 54.8. The highest BCUT2D eigenvalue weighted by Crippen LogP contribution is 2.43. The number of nitrogens with one attached hydrogen (secondary N) is 1. The van der Waals surface area contributed by atoms with Gasteiger partial charge in [0, 0.05) is 40.7 Å². The Hall–Kier alpha value is -9.41. The molecular weight excluding hydrogens is 1010 g/mol. The molecule has 0 aliphatic rings. The van der Waals surface area contributed by atoms with Crippen LogP contribution in [0.5, 0.6) is 11.5 Å². The molecule has 15 heteroatoms. The summed E-state index contributed by atoms with van der Waals surface area (Å²) >= 11 is 1.55. The minimum absolute atomic E-state index is 0.239. The molecule has 1 unspecified atom stereocenters. The van der Waals surface area contributed by atoms with Gasteiger partial charge in [-0.2, -0.15) is 0 Å². The van der Waals surface area contributed by atoms with Crippen LogP contribution < -0.4 is 14.8 Å². The van der Waals surface area contributed by atoms with Crippen LogP contribution in [0.15, 0.2) is 195 Å². The number of thiazole rings is 1. The van der Waals surface area contributed by atoms with Gasteiger partial charge in [0.25, 0.3) is 0 Å². The summed E-state index contributed by atoms with van der Waals surface area (Å²) in [6, 6.07) is 54.0. The van der Waals surface area contributed by atoms with Gasteiger partial charge in [0.2, 0.25) is 0 Å². The van der Waals surface area contributed by atoms with Crippen molar-refractivity contribution in [2.75, 3.05) is 25.1 Å². The molecule has 79 heavy (non-hydrogen) atoms. The smallest absolute Gasteiger partial charge is 0.463 e. The number of benzene rings is 7. The second kappa shape index (κ2) is 27.1. The SMILES string of the molecule is C=CC(=O)OCCCCOC(O)c1ccc(OC(=O)/C=C/c2ccc(-c3cc(N/C=C/c4cc(-c5nc(-c6ccccc6)c(-c6ccccc6)s5)nnn4)c(-c4ccc(OC(=O)OCCCC)cc4)c4ccccc34)cc2)cc1. The van der Waals surface area contributed by atoms with Gasteiger partial charge in [0.15, 0.2) is 6.29 Å². The van der Waals surface area contributed by atoms with Crippen LogP contribution in [0.25, 0.3) is 77.6 Å². The van der Waals surface area contributed by atoms with E-state index in [1.165, 1.54) is 6.08 Å². The Morgan fingerprint density at radius 1 is 0.658 bits per heavy atom. The van der Waals surface area contributed by atoms with E-state index in [1.54, 1.807) is 53.8 Å². The highest BCUT2D eigenvalue weighted by atomic mass is 32.1. The van der Waals surface area contributed by atoms with Gasteiger partial charge in [-0.1, -0.05) is 153 Å². The normalized spacial score (nSPS) is 11.6. The Morgan fingerprint density at radius 3 is 2.05 bits per heavy atom. The maximum Gasteiger partial charge on any atom is 0.513 e. The first-order valence-electron chi connectivity index (χ1n) is 25.7. The lowest BCUT2D eigenvalue weighted by Gasteiger charge is -2.18. The van der Waals surface area contributed by atoms with Crippen LogP contribution in [-0.4, -0.2) is 63.4 Å². The highest BCUT2D eigenvalue weighted by Gasteiger charge is 2.19. The van der Waals surface area contributed by atoms with E-state index in [-0.39, 0.29) is 19.8 Å². The summed E-state index contributed by atoms with van der Waals surface area (Å²) in [5.74, 6) is -0.399. The molecule has 1 atom stereocenters. The molecule has 0 bridgehead atoms. The standard InChI is InChI=1S/C64H55N5O9S/c1-3-5-38-76-64(73)78-51-31-27-45(28-32-51)59-53-21-13-12-20-52(53)54(44-25-22-43(23-26-44)24-35-58(71)77-50-33-29-48(30-34-50)63(72)75-40-15-14-39-74-57(70)4-2)42-55(59)65-37-36-49-41-56(68-69-67-49)62-66-60(46-16-8-6-9-17-46)61(79-62)47-18-10-7-11-19-47/h4,6-13,16-37,41-42,63,65,72H,2-3,5,14-15,38-40H2,1H3/b35-24+,37-36+. The Bertz CT molecular complexity index is 3530. The molecule has 0 saturated carbocycles. The first-order valence-corrected chi connectivity index (χ1v) is 26.5. The van der Waals surface area contributed by atoms with E-state index in [0.717, 1.165) is 84.9 Å². The summed E-state index contributed by atoms with van der Waals surface area (Å²) in [4.78, 5) is 42.6. The number of rotatable bonds is 23. The number of hydrogen-bond acceptors (Lipinski definition) is 15. The summed E-state index contributed by atoms with van der Waals surface area (Å²) in [6.45, 7) is 6.17. The topological polar surface area (TPSA) is 181 Å². The van der Waals surface area contributed by atoms with Gasteiger partial charge in [-0.05, 0) is 112 Å². The van der Waals surface area contributed by atoms with Gasteiger partial charge in [0.1, 0.15) is 22.2 Å². The molecule has 7 aromatic carbocycles. The molecular formula is C64H55N5O9S. The molecule has 0 spiro atoms. The quantitative estimate of drug-likeness (QED) is 0.0154. The molecule has 9 rings (SSSR count). The predicted molar refractivity (Wildman–Crippen MR) is 309 cm³/mol. The predicted octanol–water partition coefficient (Wildman–Crippen LogP) is 14.4. The van der Waals surface area contributed by atoms with Gasteiger partial charge < -0.3 is 34.1 Å². The number of unbranched alkanes of at least 4 members (excludes halogenated alkanes) is 2. The Morgan fingerprint density at radius 2 is 1.32 bits per heavy atom. The third-order valence-electron chi connectivity index (χ3n) is 12.4. The molecule has 0 radical (unpaired) electrons. The largest absolute Gasteiger partial charge is 0.513 e. The lowest BCUT2D eigenvalue weighted by Crippen LogP contribution is -2.11. The van der Waals surface area contributed by atoms with Crippen LogP contribution in [0.4, 0.5) is 10.5 Å². The minimum atomic E-state index is -1.17. The van der Waals surface area contributed by atoms with Gasteiger partial charge in [-0.15, -0.1) is 21.5 Å². The number of fused-ring (bicyclic) bond motifs is 1. The summed E-state index contributed by atoms with van der Waals surface area (Å²) in [6.07, 6.45) is 8.67. The summed E-state index contributed by atoms with van der Waals surface area (Å²) < 4.78 is 26.7. The van der Waals surface area contributed by atoms with E-state index in [4.69, 9.17) is 28.7 Å². The summed E-state index contributed by atoms with van der Waals surface area (Å²) in [5, 5.41) is 29.6. The van der Waals surface area contributed by atoms with Crippen molar-refractivity contribution >= 4 is 58.0 Å². The highest BCUT2D eigenvalue weighted by molar-refractivity contribution is 7.18. The number of carbonyl (C=O) groups is 3. The number of aromatic nitrogens is 4. The zero-order valence-corrected chi connectivity index (χ0v) is 44.0. The molecule has 0 saturated heterocycles. The van der Waals surface area contributed by atoms with E-state index in [2.05, 4.69) is 69.8 Å². The van der Waals surface area contributed by atoms with Crippen LogP contribution in [0.2, 0.25) is 0 Å². The Labute approximate surface area is 461 Å². The lowest BCUT2D eigenvalue weighted by atomic mass is 9.90. The van der Waals surface area contributed by atoms with E-state index < -0.39 is 24.4 Å². The Balaban J connectivity index is 0.943. The average Bonchev–Trinajstić information content (AvgIpc) is 4.05. The monoisotopic (exact) mass is 1070 g/mol. The van der Waals surface area contributed by atoms with Gasteiger partial charge in [0.05, 0.1) is 36.1 Å². The van der Waals surface area contributed by atoms with Crippen LogP contribution in [0.1, 0.15) is 55.7 Å². The van der Waals surface area contributed by atoms with E-state index in [0.29, 0.717) is 46.3 Å². The van der Waals surface area contributed by atoms with Crippen molar-refractivity contribution < 1.29 is 43.2 Å². The first-order chi connectivity index (χ1) is 38.7. The molecule has 2 aromatic heterocycles. The van der Waals surface area contributed by atoms with E-state index in [9.17, 15) is 19.5 Å². The Kier molecular flexibility index (Phi) is 18.6. The third-order valence-corrected chi connectivity index (χ3v) is 13.5. The molecule has 14 nitrogen and oxygen atoms in total. The van der Waals surface area contributed by atoms with Gasteiger partial charge in [-0.3, -0.25) is 0 Å². The fourth-order valence-electron chi connectivity index (χ4n) is 8.40. The zero-order valence-electron chi connectivity index (χ0n) is 43.2. The molecule has 0 amide bonds. The van der Waals surface area contributed by atoms with Crippen LogP contribution in [0, 0.1) is 0 Å². The second-order valence-corrected chi connectivity index (χ2v) is 18.9. The van der Waals surface area contributed by atoms with E-state index >= 15 is 0 Å². The van der Waals surface area contributed by atoms with Crippen molar-refractivity contribution in [2.24, 2.45) is 0 Å². The van der Waals surface area contributed by atoms with Crippen molar-refractivity contribution in [2.45, 2.75) is 38.9 Å². The number of anilines is 1. The average molecular weight is 1070 g/mol. The van der Waals surface area contributed by atoms with Crippen LogP contribution in [0.3, 0.4) is 0 Å². The minimum Gasteiger partial charge on any atom is -0.463 e. The number of hydrogen-bond donors (Lipinski definition) is 2. The molecule has 2 N–H and O–H groups in total. The molecule has 2 heterocycles. The maximum absolute atomic E-state index is 12.9. The van der Waals surface area contributed by atoms with Crippen molar-refractivity contribution in [1.82, 2.24) is 20.4 Å². The number of esters is 2. The molecule has 0 aliphatic heterocycles. The second-order valence-electron chi connectivity index (χ2n) is 17.9. The number of aliphatic hydroxyl groups excluding tert-OH is 1. The fourth-order valence-corrected chi connectivity index (χ4v) is 9.45. The van der Waals surface area contributed by atoms with E-state index in [1.807, 2.05) is 110 Å². The molecule has 9 aromatic rings. The lowest BCUT2D eigenvalue weighted by molar-refractivity contribution is -0.138. The van der Waals surface area contributed by atoms with Crippen molar-refractivity contribution in [1.29, 1.82) is 0 Å².